The Morgan fingerprint density at radius 3 is 2.34 bits per heavy atom. The molecule has 0 spiro atoms. The summed E-state index contributed by atoms with van der Waals surface area (Å²) in [5, 5.41) is 2.76. The van der Waals surface area contributed by atoms with Gasteiger partial charge in [-0.15, -0.1) is 0 Å². The van der Waals surface area contributed by atoms with Crippen LogP contribution >= 0.6 is 0 Å². The summed E-state index contributed by atoms with van der Waals surface area (Å²) in [4.78, 5) is 12.3. The Kier molecular flexibility index (Phi) is 5.98. The Morgan fingerprint density at radius 2 is 1.66 bits per heavy atom. The molecule has 5 nitrogen and oxygen atoms in total. The van der Waals surface area contributed by atoms with Gasteiger partial charge in [0.15, 0.2) is 0 Å². The molecule has 2 N–H and O–H groups in total. The second-order valence-corrected chi connectivity index (χ2v) is 8.45. The van der Waals surface area contributed by atoms with Crippen molar-refractivity contribution in [3.63, 3.8) is 0 Å². The van der Waals surface area contributed by atoms with Crippen LogP contribution in [0, 0.1) is 19.7 Å². The van der Waals surface area contributed by atoms with Crippen molar-refractivity contribution in [1.29, 1.82) is 0 Å². The van der Waals surface area contributed by atoms with Gasteiger partial charge in [-0.1, -0.05) is 35.9 Å². The molecule has 0 saturated heterocycles. The second-order valence-electron chi connectivity index (χ2n) is 6.76. The van der Waals surface area contributed by atoms with Crippen molar-refractivity contribution in [2.24, 2.45) is 0 Å². The molecule has 29 heavy (non-hydrogen) atoms. The number of amides is 1. The van der Waals surface area contributed by atoms with Crippen molar-refractivity contribution in [3.05, 3.63) is 89.2 Å². The lowest BCUT2D eigenvalue weighted by Crippen LogP contribution is -2.16. The minimum Gasteiger partial charge on any atom is -0.326 e. The van der Waals surface area contributed by atoms with Crippen LogP contribution in [-0.4, -0.2) is 14.3 Å². The van der Waals surface area contributed by atoms with Gasteiger partial charge in [0.2, 0.25) is 5.91 Å². The highest BCUT2D eigenvalue weighted by Gasteiger charge is 2.16. The average Bonchev–Trinajstić information content (AvgIpc) is 2.67. The molecule has 0 aliphatic rings. The molecule has 3 rings (SSSR count). The lowest BCUT2D eigenvalue weighted by molar-refractivity contribution is -0.115. The van der Waals surface area contributed by atoms with Gasteiger partial charge in [0.1, 0.15) is 5.82 Å². The molecule has 0 radical (unpaired) electrons. The molecule has 3 aromatic rings. The largest absolute Gasteiger partial charge is 0.326 e. The number of carbonyl (C=O) groups excluding carboxylic acids is 1. The maximum atomic E-state index is 13.7. The summed E-state index contributed by atoms with van der Waals surface area (Å²) in [5.74, 6) is -0.856. The highest BCUT2D eigenvalue weighted by molar-refractivity contribution is 7.92. The van der Waals surface area contributed by atoms with E-state index in [1.165, 1.54) is 48.5 Å². The van der Waals surface area contributed by atoms with Gasteiger partial charge in [-0.25, -0.2) is 12.8 Å². The number of carbonyl (C=O) groups is 1. The van der Waals surface area contributed by atoms with Gasteiger partial charge in [0.25, 0.3) is 10.0 Å². The summed E-state index contributed by atoms with van der Waals surface area (Å²) in [6, 6.07) is 17.2. The third-order valence-electron chi connectivity index (χ3n) is 4.42. The predicted octanol–water partition coefficient (Wildman–Crippen LogP) is 4.42. The molecule has 150 valence electrons. The van der Waals surface area contributed by atoms with Crippen molar-refractivity contribution in [2.75, 3.05) is 10.0 Å². The fourth-order valence-corrected chi connectivity index (χ4v) is 3.90. The number of anilines is 2. The predicted molar refractivity (Wildman–Crippen MR) is 112 cm³/mol. The quantitative estimate of drug-likeness (QED) is 0.629. The van der Waals surface area contributed by atoms with Gasteiger partial charge in [0, 0.05) is 5.69 Å². The van der Waals surface area contributed by atoms with Crippen LogP contribution in [0.3, 0.4) is 0 Å². The van der Waals surface area contributed by atoms with Gasteiger partial charge in [-0.3, -0.25) is 9.52 Å². The van der Waals surface area contributed by atoms with Crippen molar-refractivity contribution < 1.29 is 17.6 Å². The Bertz CT molecular complexity index is 1140. The normalized spacial score (nSPS) is 11.1. The molecule has 0 fully saturated rings. The lowest BCUT2D eigenvalue weighted by Gasteiger charge is -2.11. The van der Waals surface area contributed by atoms with E-state index in [9.17, 15) is 17.6 Å². The van der Waals surface area contributed by atoms with E-state index in [1.807, 2.05) is 32.0 Å². The molecule has 0 aliphatic heterocycles. The number of hydrogen-bond acceptors (Lipinski definition) is 3. The van der Waals surface area contributed by atoms with E-state index in [1.54, 1.807) is 0 Å². The summed E-state index contributed by atoms with van der Waals surface area (Å²) < 4.78 is 40.8. The van der Waals surface area contributed by atoms with Crippen LogP contribution in [0.1, 0.15) is 16.7 Å². The zero-order valence-electron chi connectivity index (χ0n) is 16.1. The lowest BCUT2D eigenvalue weighted by atomic mass is 10.0. The standard InChI is InChI=1S/C22H21FN2O3S/c1-15-7-8-16(2)17(13-15)14-22(26)24-18-9-11-19(12-10-18)29(27,28)25-21-6-4-3-5-20(21)23/h3-13,25H,14H2,1-2H3,(H,24,26). The van der Waals surface area contributed by atoms with Crippen LogP contribution in [0.25, 0.3) is 0 Å². The first-order valence-corrected chi connectivity index (χ1v) is 10.5. The molecular formula is C22H21FN2O3S. The van der Waals surface area contributed by atoms with Gasteiger partial charge >= 0.3 is 0 Å². The molecule has 0 unspecified atom stereocenters. The van der Waals surface area contributed by atoms with Gasteiger partial charge in [-0.2, -0.15) is 0 Å². The minimum atomic E-state index is -3.94. The Morgan fingerprint density at radius 1 is 0.966 bits per heavy atom. The SMILES string of the molecule is Cc1ccc(C)c(CC(=O)Nc2ccc(S(=O)(=O)Nc3ccccc3F)cc2)c1. The van der Waals surface area contributed by atoms with E-state index in [-0.39, 0.29) is 22.9 Å². The van der Waals surface area contributed by atoms with Crippen molar-refractivity contribution in [1.82, 2.24) is 0 Å². The third kappa shape index (κ3) is 5.20. The molecular weight excluding hydrogens is 391 g/mol. The number of sulfonamides is 1. The zero-order chi connectivity index (χ0) is 21.0. The van der Waals surface area contributed by atoms with E-state index >= 15 is 0 Å². The van der Waals surface area contributed by atoms with Crippen molar-refractivity contribution in [3.8, 4) is 0 Å². The Hall–Kier alpha value is -3.19. The fraction of sp³-hybridized carbons (Fsp3) is 0.136. The number of benzene rings is 3. The highest BCUT2D eigenvalue weighted by Crippen LogP contribution is 2.20. The second kappa shape index (κ2) is 8.45. The topological polar surface area (TPSA) is 75.3 Å². The number of hydrogen-bond donors (Lipinski definition) is 2. The number of rotatable bonds is 6. The molecule has 0 heterocycles. The summed E-state index contributed by atoms with van der Waals surface area (Å²) >= 11 is 0. The highest BCUT2D eigenvalue weighted by atomic mass is 32.2. The van der Waals surface area contributed by atoms with Crippen LogP contribution in [0.15, 0.2) is 71.6 Å². The average molecular weight is 412 g/mol. The van der Waals surface area contributed by atoms with E-state index in [0.717, 1.165) is 16.7 Å². The van der Waals surface area contributed by atoms with Gasteiger partial charge < -0.3 is 5.32 Å². The summed E-state index contributed by atoms with van der Waals surface area (Å²) in [6.07, 6.45) is 0.225. The third-order valence-corrected chi connectivity index (χ3v) is 5.80. The zero-order valence-corrected chi connectivity index (χ0v) is 16.9. The maximum absolute atomic E-state index is 13.7. The Labute approximate surface area is 169 Å². The van der Waals surface area contributed by atoms with Gasteiger partial charge in [-0.05, 0) is 61.4 Å². The van der Waals surface area contributed by atoms with Crippen LogP contribution in [0.4, 0.5) is 15.8 Å². The van der Waals surface area contributed by atoms with E-state index in [2.05, 4.69) is 10.0 Å². The molecule has 3 aromatic carbocycles. The molecule has 7 heteroatoms. The number of para-hydroxylation sites is 1. The Balaban J connectivity index is 1.69. The molecule has 0 atom stereocenters. The molecule has 0 aromatic heterocycles. The number of nitrogens with one attached hydrogen (secondary N) is 2. The van der Waals surface area contributed by atoms with E-state index in [4.69, 9.17) is 0 Å². The monoisotopic (exact) mass is 412 g/mol. The summed E-state index contributed by atoms with van der Waals surface area (Å²) in [5.41, 5.74) is 3.40. The molecule has 0 aliphatic carbocycles. The first-order valence-electron chi connectivity index (χ1n) is 8.98. The minimum absolute atomic E-state index is 0.0340. The van der Waals surface area contributed by atoms with E-state index in [0.29, 0.717) is 5.69 Å². The van der Waals surface area contributed by atoms with Crippen molar-refractivity contribution >= 4 is 27.3 Å². The number of aryl methyl sites for hydroxylation is 2. The first kappa shape index (κ1) is 20.5. The maximum Gasteiger partial charge on any atom is 0.261 e. The molecule has 0 bridgehead atoms. The van der Waals surface area contributed by atoms with E-state index < -0.39 is 15.8 Å². The first-order chi connectivity index (χ1) is 13.7. The molecule has 0 saturated carbocycles. The smallest absolute Gasteiger partial charge is 0.261 e. The fourth-order valence-electron chi connectivity index (χ4n) is 2.83. The number of halogens is 1. The van der Waals surface area contributed by atoms with Crippen LogP contribution in [0.2, 0.25) is 0 Å². The van der Waals surface area contributed by atoms with Crippen LogP contribution < -0.4 is 10.0 Å². The molecule has 1 amide bonds. The van der Waals surface area contributed by atoms with Gasteiger partial charge in [0.05, 0.1) is 17.0 Å². The summed E-state index contributed by atoms with van der Waals surface area (Å²) in [6.45, 7) is 3.92. The summed E-state index contributed by atoms with van der Waals surface area (Å²) in [7, 11) is -3.94. The van der Waals surface area contributed by atoms with Crippen LogP contribution in [0.5, 0.6) is 0 Å². The van der Waals surface area contributed by atoms with Crippen molar-refractivity contribution in [2.45, 2.75) is 25.2 Å². The van der Waals surface area contributed by atoms with Crippen LogP contribution in [-0.2, 0) is 21.2 Å².